The fraction of sp³-hybridized carbons (Fsp3) is 0. The summed E-state index contributed by atoms with van der Waals surface area (Å²) in [5, 5.41) is 36.6. The van der Waals surface area contributed by atoms with E-state index in [1.165, 1.54) is 0 Å². The third kappa shape index (κ3) is 2.61. The van der Waals surface area contributed by atoms with E-state index in [2.05, 4.69) is 5.14 Å². The van der Waals surface area contributed by atoms with Crippen molar-refractivity contribution in [3.05, 3.63) is 42.5 Å². The lowest BCUT2D eigenvalue weighted by atomic mass is 10.2. The zero-order chi connectivity index (χ0) is 15.0. The number of nitrogens with zero attached hydrogens (tertiary/aromatic N) is 3. The molecule has 0 radical (unpaired) electrons. The van der Waals surface area contributed by atoms with Crippen LogP contribution >= 0.6 is 0 Å². The van der Waals surface area contributed by atoms with Crippen molar-refractivity contribution in [1.82, 2.24) is 0 Å². The van der Waals surface area contributed by atoms with E-state index in [-0.39, 0.29) is 0 Å². The molecule has 1 aromatic carbocycles. The van der Waals surface area contributed by atoms with E-state index in [1.54, 1.807) is 0 Å². The minimum absolute atomic E-state index is 0.463. The number of hydrogen-bond acceptors (Lipinski definition) is 8. The maximum absolute atomic E-state index is 11.1. The van der Waals surface area contributed by atoms with Gasteiger partial charge < -0.3 is 0 Å². The highest BCUT2D eigenvalue weighted by Gasteiger charge is 2.41. The molecule has 0 aliphatic carbocycles. The molecule has 0 atom stereocenters. The van der Waals surface area contributed by atoms with Crippen molar-refractivity contribution in [3.8, 4) is 0 Å². The number of benzene rings is 1. The Balaban J connectivity index is 3.96. The normalized spacial score (nSPS) is 11.0. The summed E-state index contributed by atoms with van der Waals surface area (Å²) < 4.78 is 22.2. The lowest BCUT2D eigenvalue weighted by Crippen LogP contribution is -2.15. The monoisotopic (exact) mass is 292 g/mol. The molecule has 0 aliphatic rings. The Bertz CT molecular complexity index is 695. The summed E-state index contributed by atoms with van der Waals surface area (Å²) in [5.74, 6) is 0. The predicted octanol–water partition coefficient (Wildman–Crippen LogP) is 0.0586. The SMILES string of the molecule is NS(=O)(=O)c1ccc([N+](=O)[O-])c([N+](=O)[O-])c1[N+](=O)[O-]. The average Bonchev–Trinajstić information content (AvgIpc) is 2.25. The van der Waals surface area contributed by atoms with E-state index in [1.807, 2.05) is 0 Å². The molecule has 0 unspecified atom stereocenters. The summed E-state index contributed by atoms with van der Waals surface area (Å²) in [6.45, 7) is 0. The Morgan fingerprint density at radius 3 is 1.68 bits per heavy atom. The Morgan fingerprint density at radius 1 is 0.895 bits per heavy atom. The molecule has 0 aromatic heterocycles. The maximum atomic E-state index is 11.1. The lowest BCUT2D eigenvalue weighted by molar-refractivity contribution is -0.442. The number of sulfonamides is 1. The van der Waals surface area contributed by atoms with Gasteiger partial charge in [-0.05, 0) is 6.07 Å². The summed E-state index contributed by atoms with van der Waals surface area (Å²) in [4.78, 5) is 26.7. The van der Waals surface area contributed by atoms with Crippen molar-refractivity contribution in [1.29, 1.82) is 0 Å². The van der Waals surface area contributed by atoms with E-state index < -0.39 is 46.8 Å². The Kier molecular flexibility index (Phi) is 3.44. The van der Waals surface area contributed by atoms with Gasteiger partial charge in [0.1, 0.15) is 0 Å². The molecule has 0 saturated heterocycles. The summed E-state index contributed by atoms with van der Waals surface area (Å²) in [6.07, 6.45) is 0. The highest BCUT2D eigenvalue weighted by atomic mass is 32.2. The average molecular weight is 292 g/mol. The van der Waals surface area contributed by atoms with Gasteiger partial charge in [0.2, 0.25) is 10.0 Å². The molecule has 19 heavy (non-hydrogen) atoms. The smallest absolute Gasteiger partial charge is 0.258 e. The molecule has 1 rings (SSSR count). The lowest BCUT2D eigenvalue weighted by Gasteiger charge is -2.01. The molecule has 0 spiro atoms. The van der Waals surface area contributed by atoms with E-state index in [0.29, 0.717) is 12.1 Å². The van der Waals surface area contributed by atoms with Crippen LogP contribution in [0.25, 0.3) is 0 Å². The van der Waals surface area contributed by atoms with Crippen LogP contribution in [-0.4, -0.2) is 23.2 Å². The van der Waals surface area contributed by atoms with Crippen molar-refractivity contribution < 1.29 is 23.2 Å². The third-order valence-corrected chi connectivity index (χ3v) is 2.90. The van der Waals surface area contributed by atoms with Gasteiger partial charge in [0.05, 0.1) is 14.8 Å². The van der Waals surface area contributed by atoms with Crippen LogP contribution in [0.1, 0.15) is 0 Å². The molecule has 0 amide bonds. The molecular formula is C6H4N4O8S. The Hall–Kier alpha value is -2.67. The first kappa shape index (κ1) is 14.4. The Morgan fingerprint density at radius 2 is 1.37 bits per heavy atom. The van der Waals surface area contributed by atoms with Crippen LogP contribution in [0.3, 0.4) is 0 Å². The number of nitro benzene ring substituents is 3. The van der Waals surface area contributed by atoms with E-state index >= 15 is 0 Å². The highest BCUT2D eigenvalue weighted by Crippen LogP contribution is 2.40. The molecule has 0 heterocycles. The van der Waals surface area contributed by atoms with Gasteiger partial charge in [0.15, 0.2) is 4.90 Å². The van der Waals surface area contributed by atoms with Gasteiger partial charge >= 0.3 is 17.1 Å². The van der Waals surface area contributed by atoms with Crippen LogP contribution in [0.4, 0.5) is 17.1 Å². The first-order valence-electron chi connectivity index (χ1n) is 4.20. The van der Waals surface area contributed by atoms with Crippen LogP contribution in [0, 0.1) is 30.3 Å². The quantitative estimate of drug-likeness (QED) is 0.594. The number of nitro groups is 3. The largest absolute Gasteiger partial charge is 0.423 e. The molecular weight excluding hydrogens is 288 g/mol. The zero-order valence-corrected chi connectivity index (χ0v) is 9.56. The molecule has 0 bridgehead atoms. The van der Waals surface area contributed by atoms with Gasteiger partial charge in [-0.3, -0.25) is 30.3 Å². The van der Waals surface area contributed by atoms with Crippen molar-refractivity contribution in [3.63, 3.8) is 0 Å². The molecule has 13 heteroatoms. The van der Waals surface area contributed by atoms with E-state index in [9.17, 15) is 38.8 Å². The molecule has 12 nitrogen and oxygen atoms in total. The summed E-state index contributed by atoms with van der Waals surface area (Å²) in [5.41, 5.74) is -4.28. The van der Waals surface area contributed by atoms with Crippen molar-refractivity contribution >= 4 is 27.1 Å². The van der Waals surface area contributed by atoms with E-state index in [0.717, 1.165) is 0 Å². The highest BCUT2D eigenvalue weighted by molar-refractivity contribution is 7.89. The van der Waals surface area contributed by atoms with Crippen LogP contribution in [0.5, 0.6) is 0 Å². The van der Waals surface area contributed by atoms with Gasteiger partial charge in [0, 0.05) is 6.07 Å². The second-order valence-corrected chi connectivity index (χ2v) is 4.63. The fourth-order valence-electron chi connectivity index (χ4n) is 1.28. The second kappa shape index (κ2) is 4.54. The number of hydrogen-bond donors (Lipinski definition) is 1. The summed E-state index contributed by atoms with van der Waals surface area (Å²) in [6, 6.07) is 0.934. The van der Waals surface area contributed by atoms with Gasteiger partial charge in [-0.2, -0.15) is 0 Å². The number of primary sulfonamides is 1. The van der Waals surface area contributed by atoms with Crippen molar-refractivity contribution in [2.75, 3.05) is 0 Å². The van der Waals surface area contributed by atoms with Gasteiger partial charge in [-0.15, -0.1) is 0 Å². The summed E-state index contributed by atoms with van der Waals surface area (Å²) >= 11 is 0. The van der Waals surface area contributed by atoms with Gasteiger partial charge in [0.25, 0.3) is 0 Å². The first-order valence-corrected chi connectivity index (χ1v) is 5.75. The molecule has 102 valence electrons. The fourth-order valence-corrected chi connectivity index (χ4v) is 1.98. The number of rotatable bonds is 4. The molecule has 0 fully saturated rings. The van der Waals surface area contributed by atoms with Gasteiger partial charge in [-0.25, -0.2) is 13.6 Å². The van der Waals surface area contributed by atoms with E-state index in [4.69, 9.17) is 0 Å². The minimum Gasteiger partial charge on any atom is -0.258 e. The minimum atomic E-state index is -4.65. The molecule has 0 aliphatic heterocycles. The maximum Gasteiger partial charge on any atom is 0.423 e. The van der Waals surface area contributed by atoms with Crippen LogP contribution in [0.2, 0.25) is 0 Å². The molecule has 2 N–H and O–H groups in total. The Labute approximate surface area is 103 Å². The first-order chi connectivity index (χ1) is 8.57. The van der Waals surface area contributed by atoms with Crippen LogP contribution < -0.4 is 5.14 Å². The van der Waals surface area contributed by atoms with Gasteiger partial charge in [-0.1, -0.05) is 0 Å². The molecule has 0 saturated carbocycles. The van der Waals surface area contributed by atoms with Crippen molar-refractivity contribution in [2.45, 2.75) is 4.90 Å². The van der Waals surface area contributed by atoms with Crippen molar-refractivity contribution in [2.24, 2.45) is 5.14 Å². The molecule has 1 aromatic rings. The number of nitrogens with two attached hydrogens (primary N) is 1. The second-order valence-electron chi connectivity index (χ2n) is 3.10. The topological polar surface area (TPSA) is 190 Å². The predicted molar refractivity (Wildman–Crippen MR) is 57.8 cm³/mol. The zero-order valence-electron chi connectivity index (χ0n) is 8.75. The standard InChI is InChI=1S/C6H4N4O8S/c7-19(17,18)4-2-1-3(8(11)12)5(9(13)14)6(4)10(15)16/h1-2H,(H2,7,17,18). The van der Waals surface area contributed by atoms with Crippen LogP contribution in [0.15, 0.2) is 17.0 Å². The van der Waals surface area contributed by atoms with Crippen LogP contribution in [-0.2, 0) is 10.0 Å². The third-order valence-electron chi connectivity index (χ3n) is 1.96. The summed E-state index contributed by atoms with van der Waals surface area (Å²) in [7, 11) is -4.65.